The Labute approximate surface area is 180 Å². The maximum atomic E-state index is 12.2. The molecular formula is C20H20N8O4. The van der Waals surface area contributed by atoms with Gasteiger partial charge < -0.3 is 24.5 Å². The zero-order valence-electron chi connectivity index (χ0n) is 17.2. The van der Waals surface area contributed by atoms with Gasteiger partial charge in [0.15, 0.2) is 22.7 Å². The Kier molecular flexibility index (Phi) is 3.84. The number of furan rings is 1. The first-order valence-corrected chi connectivity index (χ1v) is 10.2. The first kappa shape index (κ1) is 19.1. The number of anilines is 1. The number of hydrogen-bond donors (Lipinski definition) is 3. The van der Waals surface area contributed by atoms with Crippen LogP contribution in [0.15, 0.2) is 35.3 Å². The van der Waals surface area contributed by atoms with Crippen LogP contribution in [0.4, 0.5) is 5.82 Å². The molecule has 5 atom stereocenters. The predicted octanol–water partition coefficient (Wildman–Crippen LogP) is 0.580. The molecule has 0 spiro atoms. The molecule has 2 aliphatic rings. The van der Waals surface area contributed by atoms with E-state index in [2.05, 4.69) is 30.6 Å². The van der Waals surface area contributed by atoms with Crippen LogP contribution in [0, 0.1) is 11.3 Å². The van der Waals surface area contributed by atoms with Crippen LogP contribution in [0.25, 0.3) is 28.6 Å². The summed E-state index contributed by atoms with van der Waals surface area (Å²) >= 11 is 0. The number of aliphatic hydroxyl groups is 2. The largest absolute Gasteiger partial charge is 0.463 e. The Morgan fingerprint density at radius 1 is 1.34 bits per heavy atom. The van der Waals surface area contributed by atoms with E-state index in [0.717, 1.165) is 0 Å². The van der Waals surface area contributed by atoms with Gasteiger partial charge in [-0.3, -0.25) is 4.79 Å². The molecule has 164 valence electrons. The fourth-order valence-electron chi connectivity index (χ4n) is 5.07. The van der Waals surface area contributed by atoms with Crippen molar-refractivity contribution in [2.75, 3.05) is 12.4 Å². The Morgan fingerprint density at radius 3 is 2.88 bits per heavy atom. The maximum absolute atomic E-state index is 12.2. The molecule has 4 aromatic heterocycles. The number of rotatable bonds is 5. The van der Waals surface area contributed by atoms with Crippen molar-refractivity contribution in [2.45, 2.75) is 31.6 Å². The smallest absolute Gasteiger partial charge is 0.256 e. The van der Waals surface area contributed by atoms with Gasteiger partial charge in [0.25, 0.3) is 5.95 Å². The second-order valence-electron chi connectivity index (χ2n) is 8.31. The number of hydrogen-bond acceptors (Lipinski definition) is 10. The van der Waals surface area contributed by atoms with Gasteiger partial charge >= 0.3 is 0 Å². The molecule has 0 aromatic carbocycles. The number of Topliss-reactive ketones (excluding diaryl/α,β-unsaturated/α-hetero) is 1. The second kappa shape index (κ2) is 6.43. The third-order valence-corrected chi connectivity index (χ3v) is 6.77. The zero-order valence-corrected chi connectivity index (χ0v) is 17.2. The standard InChI is InChI=1S/C20H20N8O4/c1-9(29)20-6-10(20)14(15(30)16(20)31)27-8-22-13-17(21-2)23-19(24-18(13)27)28-7-11(25-26-28)12-4-3-5-32-12/h3-5,7-8,10,14-16,30-31H,6H2,1-2H3,(H,21,23,24)/t10?,14-,15+,16?,20-/m1/s1. The van der Waals surface area contributed by atoms with Gasteiger partial charge in [-0.25, -0.2) is 4.98 Å². The minimum Gasteiger partial charge on any atom is -0.463 e. The van der Waals surface area contributed by atoms with Gasteiger partial charge in [0, 0.05) is 7.05 Å². The van der Waals surface area contributed by atoms with Gasteiger partial charge in [-0.05, 0) is 31.4 Å². The van der Waals surface area contributed by atoms with E-state index in [0.29, 0.717) is 34.9 Å². The van der Waals surface area contributed by atoms with Gasteiger partial charge in [-0.15, -0.1) is 5.10 Å². The summed E-state index contributed by atoms with van der Waals surface area (Å²) in [4.78, 5) is 25.8. The van der Waals surface area contributed by atoms with Crippen molar-refractivity contribution in [2.24, 2.45) is 11.3 Å². The van der Waals surface area contributed by atoms with Crippen molar-refractivity contribution >= 4 is 22.8 Å². The summed E-state index contributed by atoms with van der Waals surface area (Å²) < 4.78 is 8.51. The molecule has 4 aromatic rings. The van der Waals surface area contributed by atoms with Crippen LogP contribution >= 0.6 is 0 Å². The van der Waals surface area contributed by atoms with Crippen molar-refractivity contribution in [1.82, 2.24) is 34.5 Å². The topological polar surface area (TPSA) is 157 Å². The molecule has 12 heteroatoms. The number of aromatic nitrogens is 7. The molecule has 32 heavy (non-hydrogen) atoms. The normalized spacial score (nSPS) is 28.8. The molecule has 2 unspecified atom stereocenters. The molecule has 6 rings (SSSR count). The van der Waals surface area contributed by atoms with E-state index in [1.54, 1.807) is 42.5 Å². The summed E-state index contributed by atoms with van der Waals surface area (Å²) in [6, 6.07) is 3.01. The van der Waals surface area contributed by atoms with Crippen LogP contribution in [-0.4, -0.2) is 69.8 Å². The van der Waals surface area contributed by atoms with Crippen molar-refractivity contribution in [3.8, 4) is 17.4 Å². The highest BCUT2D eigenvalue weighted by Gasteiger charge is 2.74. The SMILES string of the molecule is CNc1nc(-n2cc(-c3ccco3)nn2)nc2c1ncn2[C@@H]1C2C[C@]2(C(C)=O)C(O)[C@H]1O. The Balaban J connectivity index is 1.46. The molecule has 0 amide bonds. The van der Waals surface area contributed by atoms with E-state index < -0.39 is 23.7 Å². The fraction of sp³-hybridized carbons (Fsp3) is 0.400. The molecule has 2 saturated carbocycles. The molecule has 12 nitrogen and oxygen atoms in total. The minimum absolute atomic E-state index is 0.111. The fourth-order valence-corrected chi connectivity index (χ4v) is 5.07. The van der Waals surface area contributed by atoms with Crippen LogP contribution in [0.2, 0.25) is 0 Å². The Morgan fingerprint density at radius 2 is 2.19 bits per heavy atom. The zero-order chi connectivity index (χ0) is 22.2. The van der Waals surface area contributed by atoms with Gasteiger partial charge in [0.05, 0.1) is 36.3 Å². The van der Waals surface area contributed by atoms with E-state index in [1.165, 1.54) is 11.6 Å². The van der Waals surface area contributed by atoms with E-state index >= 15 is 0 Å². The number of carbonyl (C=O) groups is 1. The highest BCUT2D eigenvalue weighted by Crippen LogP contribution is 2.68. The number of fused-ring (bicyclic) bond motifs is 2. The summed E-state index contributed by atoms with van der Waals surface area (Å²) in [6.45, 7) is 1.46. The lowest BCUT2D eigenvalue weighted by Gasteiger charge is -2.23. The third-order valence-electron chi connectivity index (χ3n) is 6.77. The summed E-state index contributed by atoms with van der Waals surface area (Å²) in [5.41, 5.74) is 0.589. The van der Waals surface area contributed by atoms with E-state index in [1.807, 2.05) is 0 Å². The Hall–Kier alpha value is -3.64. The van der Waals surface area contributed by atoms with Crippen LogP contribution < -0.4 is 5.32 Å². The molecule has 2 aliphatic carbocycles. The minimum atomic E-state index is -1.12. The van der Waals surface area contributed by atoms with Gasteiger partial charge in [0.2, 0.25) is 0 Å². The molecule has 0 aliphatic heterocycles. The van der Waals surface area contributed by atoms with Crippen molar-refractivity contribution in [1.29, 1.82) is 0 Å². The third kappa shape index (κ3) is 2.38. The summed E-state index contributed by atoms with van der Waals surface area (Å²) in [5, 5.41) is 32.6. The van der Waals surface area contributed by atoms with Gasteiger partial charge in [-0.1, -0.05) is 5.21 Å². The van der Waals surface area contributed by atoms with Crippen LogP contribution in [0.1, 0.15) is 19.4 Å². The number of aliphatic hydroxyl groups excluding tert-OH is 2. The van der Waals surface area contributed by atoms with E-state index in [9.17, 15) is 15.0 Å². The summed E-state index contributed by atoms with van der Waals surface area (Å²) in [7, 11) is 1.72. The van der Waals surface area contributed by atoms with Crippen LogP contribution in [0.3, 0.4) is 0 Å². The highest BCUT2D eigenvalue weighted by atomic mass is 16.3. The maximum Gasteiger partial charge on any atom is 0.256 e. The average Bonchev–Trinajstić information content (AvgIpc) is 3.26. The average molecular weight is 436 g/mol. The number of nitrogens with one attached hydrogen (secondary N) is 1. The first-order chi connectivity index (χ1) is 15.5. The van der Waals surface area contributed by atoms with E-state index in [4.69, 9.17) is 4.42 Å². The number of nitrogens with zero attached hydrogens (tertiary/aromatic N) is 7. The van der Waals surface area contributed by atoms with Crippen LogP contribution in [0.5, 0.6) is 0 Å². The lowest BCUT2D eigenvalue weighted by atomic mass is 9.95. The van der Waals surface area contributed by atoms with Crippen LogP contribution in [-0.2, 0) is 4.79 Å². The lowest BCUT2D eigenvalue weighted by molar-refractivity contribution is -0.128. The Bertz CT molecular complexity index is 1350. The molecule has 3 N–H and O–H groups in total. The quantitative estimate of drug-likeness (QED) is 0.404. The molecule has 2 fully saturated rings. The van der Waals surface area contributed by atoms with Gasteiger partial charge in [0.1, 0.15) is 17.6 Å². The molecule has 4 heterocycles. The molecule has 0 saturated heterocycles. The molecule has 0 bridgehead atoms. The highest BCUT2D eigenvalue weighted by molar-refractivity contribution is 5.88. The lowest BCUT2D eigenvalue weighted by Crippen LogP contribution is -2.36. The number of ketones is 1. The number of carbonyl (C=O) groups excluding carboxylic acids is 1. The summed E-state index contributed by atoms with van der Waals surface area (Å²) in [6.07, 6.45) is 3.06. The number of imidazole rings is 1. The predicted molar refractivity (Wildman–Crippen MR) is 110 cm³/mol. The van der Waals surface area contributed by atoms with Crippen molar-refractivity contribution < 1.29 is 19.4 Å². The molecular weight excluding hydrogens is 416 g/mol. The first-order valence-electron chi connectivity index (χ1n) is 10.2. The van der Waals surface area contributed by atoms with E-state index in [-0.39, 0.29) is 17.6 Å². The molecule has 0 radical (unpaired) electrons. The second-order valence-corrected chi connectivity index (χ2v) is 8.31. The van der Waals surface area contributed by atoms with Crippen molar-refractivity contribution in [3.63, 3.8) is 0 Å². The summed E-state index contributed by atoms with van der Waals surface area (Å²) in [5.74, 6) is 0.987. The monoisotopic (exact) mass is 436 g/mol. The van der Waals surface area contributed by atoms with Crippen molar-refractivity contribution in [3.05, 3.63) is 30.9 Å². The van der Waals surface area contributed by atoms with Gasteiger partial charge in [-0.2, -0.15) is 14.6 Å².